The van der Waals surface area contributed by atoms with Crippen LogP contribution in [0.3, 0.4) is 0 Å². The largest absolute Gasteiger partial charge is 0.491 e. The molecule has 0 unspecified atom stereocenters. The normalized spacial score (nSPS) is 15.1. The van der Waals surface area contributed by atoms with Crippen molar-refractivity contribution in [3.8, 4) is 17.0 Å². The lowest BCUT2D eigenvalue weighted by atomic mass is 9.81. The van der Waals surface area contributed by atoms with E-state index in [9.17, 15) is 14.4 Å². The van der Waals surface area contributed by atoms with Gasteiger partial charge in [0, 0.05) is 33.8 Å². The maximum absolute atomic E-state index is 13.9. The summed E-state index contributed by atoms with van der Waals surface area (Å²) in [6, 6.07) is 21.1. The molecule has 8 nitrogen and oxygen atoms in total. The van der Waals surface area contributed by atoms with Crippen LogP contribution in [-0.4, -0.2) is 39.6 Å². The van der Waals surface area contributed by atoms with Crippen LogP contribution in [0.1, 0.15) is 86.2 Å². The van der Waals surface area contributed by atoms with E-state index in [-0.39, 0.29) is 11.8 Å². The number of nitrogens with zero attached hydrogens (tertiary/aromatic N) is 1. The molecule has 0 atom stereocenters. The number of carbonyl (C=O) groups excluding carboxylic acids is 2. The lowest BCUT2D eigenvalue weighted by Crippen LogP contribution is -2.56. The topological polar surface area (TPSA) is 110 Å². The molecule has 1 fully saturated rings. The number of ether oxygens (including phenoxy) is 1. The number of aliphatic carboxylic acids is 1. The Morgan fingerprint density at radius 1 is 0.978 bits per heavy atom. The van der Waals surface area contributed by atoms with E-state index in [1.807, 2.05) is 38.1 Å². The van der Waals surface area contributed by atoms with Crippen LogP contribution in [0.5, 0.6) is 5.75 Å². The van der Waals surface area contributed by atoms with E-state index in [4.69, 9.17) is 9.84 Å². The van der Waals surface area contributed by atoms with Crippen molar-refractivity contribution in [1.29, 1.82) is 0 Å². The molecular weight excluding hydrogens is 578 g/mol. The number of amides is 2. The number of aromatic nitrogens is 1. The predicted molar refractivity (Wildman–Crippen MR) is 181 cm³/mol. The Balaban J connectivity index is 1.31. The molecule has 8 heteroatoms. The van der Waals surface area contributed by atoms with Gasteiger partial charge < -0.3 is 25.0 Å². The summed E-state index contributed by atoms with van der Waals surface area (Å²) in [5.41, 5.74) is 5.33. The zero-order chi connectivity index (χ0) is 32.3. The summed E-state index contributed by atoms with van der Waals surface area (Å²) in [5.74, 6) is -0.274. The minimum absolute atomic E-state index is 0.296. The van der Waals surface area contributed by atoms with Gasteiger partial charge in [-0.3, -0.25) is 9.59 Å². The highest BCUT2D eigenvalue weighted by molar-refractivity contribution is 6.06. The molecule has 0 saturated heterocycles. The third-order valence-corrected chi connectivity index (χ3v) is 9.68. The summed E-state index contributed by atoms with van der Waals surface area (Å²) in [7, 11) is 0. The Kier molecular flexibility index (Phi) is 8.97. The molecule has 1 saturated carbocycles. The minimum atomic E-state index is -1.12. The van der Waals surface area contributed by atoms with E-state index in [1.165, 1.54) is 42.0 Å². The van der Waals surface area contributed by atoms with Crippen LogP contribution < -0.4 is 15.4 Å². The van der Waals surface area contributed by atoms with Crippen LogP contribution in [0, 0.1) is 0 Å². The number of rotatable bonds is 9. The molecule has 1 aliphatic heterocycles. The van der Waals surface area contributed by atoms with Crippen molar-refractivity contribution in [2.75, 3.05) is 11.9 Å². The maximum atomic E-state index is 13.9. The van der Waals surface area contributed by atoms with E-state index >= 15 is 0 Å². The quantitative estimate of drug-likeness (QED) is 0.166. The summed E-state index contributed by atoms with van der Waals surface area (Å²) in [6.45, 7) is 5.01. The lowest BCUT2D eigenvalue weighted by Gasteiger charge is -2.31. The molecule has 1 aliphatic carbocycles. The van der Waals surface area contributed by atoms with Crippen molar-refractivity contribution in [3.63, 3.8) is 0 Å². The second kappa shape index (κ2) is 13.3. The van der Waals surface area contributed by atoms with Gasteiger partial charge in [-0.25, -0.2) is 4.79 Å². The molecule has 3 N–H and O–H groups in total. The average Bonchev–Trinajstić information content (AvgIpc) is 3.28. The van der Waals surface area contributed by atoms with Crippen LogP contribution in [0.25, 0.3) is 28.2 Å². The number of carboxylic acid groups (broad SMARTS) is 1. The smallest absolute Gasteiger partial charge is 0.328 e. The first-order valence-corrected chi connectivity index (χ1v) is 16.4. The van der Waals surface area contributed by atoms with Crippen molar-refractivity contribution >= 4 is 40.4 Å². The van der Waals surface area contributed by atoms with E-state index in [0.29, 0.717) is 48.7 Å². The third kappa shape index (κ3) is 6.04. The van der Waals surface area contributed by atoms with Crippen LogP contribution in [-0.2, 0) is 16.1 Å². The second-order valence-corrected chi connectivity index (χ2v) is 12.3. The number of fused-ring (bicyclic) bond motifs is 5. The van der Waals surface area contributed by atoms with Gasteiger partial charge in [0.2, 0.25) is 5.91 Å². The van der Waals surface area contributed by atoms with Gasteiger partial charge in [0.05, 0.1) is 12.2 Å². The monoisotopic (exact) mass is 619 g/mol. The van der Waals surface area contributed by atoms with Crippen molar-refractivity contribution in [2.24, 2.45) is 0 Å². The zero-order valence-electron chi connectivity index (χ0n) is 26.5. The van der Waals surface area contributed by atoms with Crippen molar-refractivity contribution < 1.29 is 24.2 Å². The highest BCUT2D eigenvalue weighted by Gasteiger charge is 2.37. The lowest BCUT2D eigenvalue weighted by molar-refractivity contribution is -0.131. The number of benzene rings is 3. The molecule has 46 heavy (non-hydrogen) atoms. The highest BCUT2D eigenvalue weighted by atomic mass is 16.5. The van der Waals surface area contributed by atoms with Gasteiger partial charge >= 0.3 is 5.97 Å². The van der Waals surface area contributed by atoms with E-state index in [2.05, 4.69) is 33.4 Å². The van der Waals surface area contributed by atoms with E-state index < -0.39 is 11.5 Å². The summed E-state index contributed by atoms with van der Waals surface area (Å²) in [4.78, 5) is 38.4. The van der Waals surface area contributed by atoms with Crippen LogP contribution in [0.4, 0.5) is 5.69 Å². The Morgan fingerprint density at radius 3 is 2.43 bits per heavy atom. The first-order valence-electron chi connectivity index (χ1n) is 16.4. The van der Waals surface area contributed by atoms with Crippen LogP contribution in [0.2, 0.25) is 0 Å². The van der Waals surface area contributed by atoms with Gasteiger partial charge in [-0.1, -0.05) is 63.4 Å². The van der Waals surface area contributed by atoms with Crippen molar-refractivity contribution in [2.45, 2.75) is 76.8 Å². The van der Waals surface area contributed by atoms with Gasteiger partial charge in [0.25, 0.3) is 5.91 Å². The van der Waals surface area contributed by atoms with Crippen molar-refractivity contribution in [1.82, 2.24) is 9.88 Å². The van der Waals surface area contributed by atoms with Gasteiger partial charge in [0.1, 0.15) is 17.9 Å². The van der Waals surface area contributed by atoms with E-state index in [1.54, 1.807) is 24.3 Å². The molecular formula is C38H41N3O5. The molecule has 0 spiro atoms. The van der Waals surface area contributed by atoms with Crippen molar-refractivity contribution in [3.05, 3.63) is 89.5 Å². The number of para-hydroxylation sites is 1. The van der Waals surface area contributed by atoms with Crippen LogP contribution >= 0.6 is 0 Å². The number of hydrogen-bond acceptors (Lipinski definition) is 4. The number of carboxylic acids is 1. The standard InChI is InChI=1S/C38H41N3O5/c1-3-38(4-2,37(45)39-28-18-14-25(15-19-28)16-21-33(42)43)40-36(44)27-17-20-29-31(24-27)41-22-23-46-32-13-9-8-12-30(32)35(41)34(29)26-10-6-5-7-11-26/h8-9,12-21,24,26H,3-7,10-11,22-23H2,1-2H3,(H,39,45)(H,40,44)(H,42,43). The first-order chi connectivity index (χ1) is 22.3. The Morgan fingerprint density at radius 2 is 1.72 bits per heavy atom. The second-order valence-electron chi connectivity index (χ2n) is 12.3. The fraction of sp³-hybridized carbons (Fsp3) is 0.342. The third-order valence-electron chi connectivity index (χ3n) is 9.68. The Bertz CT molecular complexity index is 1790. The highest BCUT2D eigenvalue weighted by Crippen LogP contribution is 2.47. The fourth-order valence-corrected chi connectivity index (χ4v) is 7.07. The molecule has 0 radical (unpaired) electrons. The molecule has 4 aromatic rings. The fourth-order valence-electron chi connectivity index (χ4n) is 7.07. The summed E-state index contributed by atoms with van der Waals surface area (Å²) in [5, 5.41) is 16.1. The number of anilines is 1. The maximum Gasteiger partial charge on any atom is 0.328 e. The number of hydrogen-bond donors (Lipinski definition) is 3. The molecule has 1 aromatic heterocycles. The van der Waals surface area contributed by atoms with Gasteiger partial charge in [0.15, 0.2) is 0 Å². The molecule has 0 bridgehead atoms. The molecule has 2 aliphatic rings. The predicted octanol–water partition coefficient (Wildman–Crippen LogP) is 7.77. The average molecular weight is 620 g/mol. The Hall–Kier alpha value is -4.85. The van der Waals surface area contributed by atoms with Crippen LogP contribution in [0.15, 0.2) is 72.8 Å². The SMILES string of the molecule is CCC(CC)(NC(=O)c1ccc2c(C3CCCCC3)c3n(c2c1)CCOc1ccccc1-3)C(=O)Nc1ccc(C=CC(=O)O)cc1. The minimum Gasteiger partial charge on any atom is -0.491 e. The summed E-state index contributed by atoms with van der Waals surface area (Å²) < 4.78 is 8.52. The number of nitrogens with one attached hydrogen (secondary N) is 2. The zero-order valence-corrected chi connectivity index (χ0v) is 26.5. The Labute approximate surface area is 269 Å². The van der Waals surface area contributed by atoms with Gasteiger partial charge in [-0.05, 0) is 85.2 Å². The summed E-state index contributed by atoms with van der Waals surface area (Å²) in [6.07, 6.45) is 9.39. The molecule has 238 valence electrons. The summed E-state index contributed by atoms with van der Waals surface area (Å²) >= 11 is 0. The first kappa shape index (κ1) is 31.1. The van der Waals surface area contributed by atoms with E-state index in [0.717, 1.165) is 35.7 Å². The van der Waals surface area contributed by atoms with Gasteiger partial charge in [-0.2, -0.15) is 0 Å². The molecule has 3 aromatic carbocycles. The van der Waals surface area contributed by atoms with Gasteiger partial charge in [-0.15, -0.1) is 0 Å². The molecule has 6 rings (SSSR count). The number of carbonyl (C=O) groups is 3. The molecule has 2 amide bonds. The molecule has 2 heterocycles.